The number of halogens is 1. The molecule has 84 valence electrons. The first-order valence-corrected chi connectivity index (χ1v) is 6.35. The second-order valence-corrected chi connectivity index (χ2v) is 5.30. The van der Waals surface area contributed by atoms with Crippen molar-refractivity contribution < 1.29 is 4.79 Å². The Labute approximate surface area is 103 Å². The maximum absolute atomic E-state index is 12.2. The van der Waals surface area contributed by atoms with Crippen LogP contribution in [0.5, 0.6) is 0 Å². The maximum atomic E-state index is 12.2. The molecule has 0 saturated carbocycles. The van der Waals surface area contributed by atoms with Gasteiger partial charge in [-0.15, -0.1) is 0 Å². The van der Waals surface area contributed by atoms with Gasteiger partial charge >= 0.3 is 0 Å². The Morgan fingerprint density at radius 2 is 2.31 bits per heavy atom. The summed E-state index contributed by atoms with van der Waals surface area (Å²) in [6.45, 7) is 2.73. The lowest BCUT2D eigenvalue weighted by Crippen LogP contribution is -2.36. The average Bonchev–Trinajstić information content (AvgIpc) is 2.87. The topological polar surface area (TPSA) is 32.3 Å². The van der Waals surface area contributed by atoms with Crippen molar-refractivity contribution in [1.29, 1.82) is 0 Å². The summed E-state index contributed by atoms with van der Waals surface area (Å²) < 4.78 is 0.978. The van der Waals surface area contributed by atoms with Gasteiger partial charge in [0.05, 0.1) is 0 Å². The summed E-state index contributed by atoms with van der Waals surface area (Å²) in [5.41, 5.74) is 2.02. The molecule has 0 radical (unpaired) electrons. The fraction of sp³-hybridized carbons (Fsp3) is 0.417. The summed E-state index contributed by atoms with van der Waals surface area (Å²) in [4.78, 5) is 14.2. The first-order chi connectivity index (χ1) is 7.75. The molecular formula is C12H13BrN2O. The minimum atomic E-state index is 0.185. The van der Waals surface area contributed by atoms with Crippen LogP contribution in [0.4, 0.5) is 0 Å². The van der Waals surface area contributed by atoms with Gasteiger partial charge in [-0.05, 0) is 30.7 Å². The highest BCUT2D eigenvalue weighted by Crippen LogP contribution is 2.28. The van der Waals surface area contributed by atoms with Crippen LogP contribution in [0.25, 0.3) is 0 Å². The monoisotopic (exact) mass is 280 g/mol. The molecule has 2 heterocycles. The Bertz CT molecular complexity index is 441. The van der Waals surface area contributed by atoms with E-state index in [2.05, 4.69) is 21.2 Å². The second-order valence-electron chi connectivity index (χ2n) is 4.38. The summed E-state index contributed by atoms with van der Waals surface area (Å²) in [6, 6.07) is 6.35. The summed E-state index contributed by atoms with van der Waals surface area (Å²) in [5.74, 6) is 0.185. The van der Waals surface area contributed by atoms with Crippen LogP contribution in [0, 0.1) is 0 Å². The highest BCUT2D eigenvalue weighted by Gasteiger charge is 2.33. The van der Waals surface area contributed by atoms with Crippen molar-refractivity contribution in [1.82, 2.24) is 10.2 Å². The van der Waals surface area contributed by atoms with Crippen molar-refractivity contribution in [2.24, 2.45) is 0 Å². The summed E-state index contributed by atoms with van der Waals surface area (Å²) >= 11 is 3.41. The van der Waals surface area contributed by atoms with E-state index in [1.54, 1.807) is 0 Å². The molecule has 0 aromatic heterocycles. The van der Waals surface area contributed by atoms with E-state index in [1.807, 2.05) is 23.1 Å². The first kappa shape index (κ1) is 10.3. The van der Waals surface area contributed by atoms with E-state index in [1.165, 1.54) is 0 Å². The zero-order valence-corrected chi connectivity index (χ0v) is 10.5. The van der Waals surface area contributed by atoms with Gasteiger partial charge < -0.3 is 10.2 Å². The predicted octanol–water partition coefficient (Wildman–Crippen LogP) is 1.77. The van der Waals surface area contributed by atoms with Gasteiger partial charge in [0.1, 0.15) is 0 Å². The van der Waals surface area contributed by atoms with E-state index >= 15 is 0 Å². The van der Waals surface area contributed by atoms with Crippen LogP contribution in [0.2, 0.25) is 0 Å². The Balaban J connectivity index is 1.91. The Morgan fingerprint density at radius 3 is 3.06 bits per heavy atom. The quantitative estimate of drug-likeness (QED) is 0.851. The third-order valence-corrected chi connectivity index (χ3v) is 3.87. The molecule has 0 spiro atoms. The predicted molar refractivity (Wildman–Crippen MR) is 65.3 cm³/mol. The van der Waals surface area contributed by atoms with Gasteiger partial charge in [0.25, 0.3) is 5.91 Å². The van der Waals surface area contributed by atoms with Gasteiger partial charge in [-0.3, -0.25) is 4.79 Å². The number of nitrogens with one attached hydrogen (secondary N) is 1. The number of amides is 1. The van der Waals surface area contributed by atoms with Crippen LogP contribution in [0.15, 0.2) is 22.7 Å². The van der Waals surface area contributed by atoms with Crippen molar-refractivity contribution >= 4 is 21.8 Å². The summed E-state index contributed by atoms with van der Waals surface area (Å²) in [5, 5.41) is 3.30. The lowest BCUT2D eigenvalue weighted by atomic mass is 10.1. The van der Waals surface area contributed by atoms with Gasteiger partial charge in [0.2, 0.25) is 0 Å². The summed E-state index contributed by atoms with van der Waals surface area (Å²) in [6.07, 6.45) is 1.07. The average molecular weight is 281 g/mol. The van der Waals surface area contributed by atoms with Gasteiger partial charge in [-0.1, -0.05) is 22.0 Å². The fourth-order valence-electron chi connectivity index (χ4n) is 2.50. The van der Waals surface area contributed by atoms with Crippen molar-refractivity contribution in [2.75, 3.05) is 13.1 Å². The number of carbonyl (C=O) groups excluding carboxylic acids is 1. The van der Waals surface area contributed by atoms with Gasteiger partial charge in [0.15, 0.2) is 0 Å². The Morgan fingerprint density at radius 1 is 1.44 bits per heavy atom. The first-order valence-electron chi connectivity index (χ1n) is 5.56. The minimum Gasteiger partial charge on any atom is -0.330 e. The molecule has 3 rings (SSSR count). The molecule has 0 bridgehead atoms. The Hall–Kier alpha value is -0.870. The van der Waals surface area contributed by atoms with Crippen molar-refractivity contribution in [3.8, 4) is 0 Å². The summed E-state index contributed by atoms with van der Waals surface area (Å²) in [7, 11) is 0. The van der Waals surface area contributed by atoms with E-state index in [-0.39, 0.29) is 5.91 Å². The van der Waals surface area contributed by atoms with E-state index in [4.69, 9.17) is 0 Å². The number of hydrogen-bond acceptors (Lipinski definition) is 2. The lowest BCUT2D eigenvalue weighted by Gasteiger charge is -2.22. The molecule has 0 unspecified atom stereocenters. The number of rotatable bonds is 1. The zero-order chi connectivity index (χ0) is 11.1. The second kappa shape index (κ2) is 3.86. The molecule has 16 heavy (non-hydrogen) atoms. The van der Waals surface area contributed by atoms with Crippen LogP contribution >= 0.6 is 15.9 Å². The maximum Gasteiger partial charge on any atom is 0.254 e. The third kappa shape index (κ3) is 1.57. The van der Waals surface area contributed by atoms with Gasteiger partial charge in [-0.2, -0.15) is 0 Å². The molecule has 4 heteroatoms. The molecule has 2 aliphatic rings. The minimum absolute atomic E-state index is 0.185. The number of fused-ring (bicyclic) bond motifs is 1. The van der Waals surface area contributed by atoms with Crippen LogP contribution in [-0.4, -0.2) is 29.9 Å². The molecular weight excluding hydrogens is 268 g/mol. The molecule has 0 aliphatic carbocycles. The zero-order valence-electron chi connectivity index (χ0n) is 8.87. The highest BCUT2D eigenvalue weighted by molar-refractivity contribution is 9.10. The molecule has 1 saturated heterocycles. The van der Waals surface area contributed by atoms with Crippen LogP contribution in [0.1, 0.15) is 22.3 Å². The molecule has 2 aliphatic heterocycles. The van der Waals surface area contributed by atoms with Crippen LogP contribution < -0.4 is 5.32 Å². The standard InChI is InChI=1S/C12H13BrN2O/c13-9-2-1-8-7-15(10-3-4-14-6-10)12(16)11(8)5-9/h1-2,5,10,14H,3-4,6-7H2/t10-/m1/s1. The van der Waals surface area contributed by atoms with Crippen LogP contribution in [-0.2, 0) is 6.54 Å². The van der Waals surface area contributed by atoms with Gasteiger partial charge in [0, 0.05) is 29.2 Å². The number of benzene rings is 1. The normalized spacial score (nSPS) is 23.9. The highest BCUT2D eigenvalue weighted by atomic mass is 79.9. The van der Waals surface area contributed by atoms with E-state index < -0.39 is 0 Å². The van der Waals surface area contributed by atoms with Gasteiger partial charge in [-0.25, -0.2) is 0 Å². The number of carbonyl (C=O) groups is 1. The molecule has 1 aromatic carbocycles. The van der Waals surface area contributed by atoms with E-state index in [9.17, 15) is 4.79 Å². The Kier molecular flexibility index (Phi) is 2.48. The molecule has 1 amide bonds. The SMILES string of the molecule is O=C1c2cc(Br)ccc2CN1[C@@H]1CCNC1. The molecule has 1 fully saturated rings. The largest absolute Gasteiger partial charge is 0.330 e. The van der Waals surface area contributed by atoms with Crippen molar-refractivity contribution in [3.05, 3.63) is 33.8 Å². The van der Waals surface area contributed by atoms with Crippen molar-refractivity contribution in [2.45, 2.75) is 19.0 Å². The molecule has 1 aromatic rings. The van der Waals surface area contributed by atoms with Crippen molar-refractivity contribution in [3.63, 3.8) is 0 Å². The fourth-order valence-corrected chi connectivity index (χ4v) is 2.86. The molecule has 3 nitrogen and oxygen atoms in total. The lowest BCUT2D eigenvalue weighted by molar-refractivity contribution is 0.0717. The molecule has 1 atom stereocenters. The third-order valence-electron chi connectivity index (χ3n) is 3.38. The van der Waals surface area contributed by atoms with E-state index in [0.717, 1.165) is 41.7 Å². The van der Waals surface area contributed by atoms with Crippen LogP contribution in [0.3, 0.4) is 0 Å². The smallest absolute Gasteiger partial charge is 0.254 e. The number of nitrogens with zero attached hydrogens (tertiary/aromatic N) is 1. The molecule has 1 N–H and O–H groups in total. The van der Waals surface area contributed by atoms with E-state index in [0.29, 0.717) is 6.04 Å². The number of hydrogen-bond donors (Lipinski definition) is 1.